The maximum Gasteiger partial charge on any atom is 0.323 e. The Bertz CT molecular complexity index is 1110. The molecule has 7 nitrogen and oxygen atoms in total. The van der Waals surface area contributed by atoms with Gasteiger partial charge in [0.05, 0.1) is 15.9 Å². The zero-order valence-corrected chi connectivity index (χ0v) is 16.3. The Hall–Kier alpha value is -2.42. The van der Waals surface area contributed by atoms with Crippen molar-refractivity contribution in [2.75, 3.05) is 19.6 Å². The van der Waals surface area contributed by atoms with E-state index in [1.807, 2.05) is 18.2 Å². The van der Waals surface area contributed by atoms with E-state index in [0.717, 1.165) is 32.5 Å². The second kappa shape index (κ2) is 7.90. The normalized spacial score (nSPS) is 18.5. The predicted octanol–water partition coefficient (Wildman–Crippen LogP) is 2.05. The van der Waals surface area contributed by atoms with E-state index in [1.54, 1.807) is 6.07 Å². The van der Waals surface area contributed by atoms with Crippen LogP contribution in [0.15, 0.2) is 58.2 Å². The average molecular weight is 401 g/mol. The summed E-state index contributed by atoms with van der Waals surface area (Å²) < 4.78 is 28.1. The first-order chi connectivity index (χ1) is 13.5. The van der Waals surface area contributed by atoms with Crippen molar-refractivity contribution in [3.05, 3.63) is 64.6 Å². The third-order valence-corrected chi connectivity index (χ3v) is 6.63. The SMILES string of the molecule is O=c1[nH]c2ccc(S(=O)(=O)NC[C@@H]3CCCN(Cc4ccccc4)C3)cc2[nH]1. The van der Waals surface area contributed by atoms with Gasteiger partial charge in [-0.1, -0.05) is 30.3 Å². The number of fused-ring (bicyclic) bond motifs is 1. The summed E-state index contributed by atoms with van der Waals surface area (Å²) in [5.41, 5.74) is 2.00. The van der Waals surface area contributed by atoms with Crippen molar-refractivity contribution in [3.8, 4) is 0 Å². The summed E-state index contributed by atoms with van der Waals surface area (Å²) in [5.74, 6) is 0.281. The average Bonchev–Trinajstić information content (AvgIpc) is 3.07. The summed E-state index contributed by atoms with van der Waals surface area (Å²) in [4.78, 5) is 19.1. The molecule has 0 saturated carbocycles. The van der Waals surface area contributed by atoms with Crippen LogP contribution in [-0.4, -0.2) is 42.9 Å². The van der Waals surface area contributed by atoms with Crippen LogP contribution in [0.1, 0.15) is 18.4 Å². The van der Waals surface area contributed by atoms with E-state index < -0.39 is 10.0 Å². The van der Waals surface area contributed by atoms with Crippen LogP contribution >= 0.6 is 0 Å². The van der Waals surface area contributed by atoms with Crippen molar-refractivity contribution in [3.63, 3.8) is 0 Å². The van der Waals surface area contributed by atoms with Gasteiger partial charge in [0.2, 0.25) is 10.0 Å². The molecule has 148 valence electrons. The number of likely N-dealkylation sites (tertiary alicyclic amines) is 1. The minimum absolute atomic E-state index is 0.159. The summed E-state index contributed by atoms with van der Waals surface area (Å²) in [7, 11) is -3.62. The number of aromatic nitrogens is 2. The fraction of sp³-hybridized carbons (Fsp3) is 0.350. The van der Waals surface area contributed by atoms with Crippen molar-refractivity contribution >= 4 is 21.1 Å². The monoisotopic (exact) mass is 400 g/mol. The molecule has 0 spiro atoms. The fourth-order valence-corrected chi connectivity index (χ4v) is 4.93. The van der Waals surface area contributed by atoms with Crippen LogP contribution in [0.2, 0.25) is 0 Å². The highest BCUT2D eigenvalue weighted by molar-refractivity contribution is 7.89. The molecular formula is C20H24N4O3S. The van der Waals surface area contributed by atoms with Crippen molar-refractivity contribution in [1.29, 1.82) is 0 Å². The van der Waals surface area contributed by atoms with E-state index in [0.29, 0.717) is 17.6 Å². The molecule has 0 aliphatic carbocycles. The van der Waals surface area contributed by atoms with Gasteiger partial charge in [0.1, 0.15) is 0 Å². The van der Waals surface area contributed by atoms with Crippen LogP contribution in [0.25, 0.3) is 11.0 Å². The number of nitrogens with zero attached hydrogens (tertiary/aromatic N) is 1. The number of piperidine rings is 1. The quantitative estimate of drug-likeness (QED) is 0.590. The van der Waals surface area contributed by atoms with Gasteiger partial charge in [-0.05, 0) is 49.1 Å². The lowest BCUT2D eigenvalue weighted by Crippen LogP contribution is -2.40. The van der Waals surface area contributed by atoms with E-state index in [1.165, 1.54) is 17.7 Å². The molecule has 2 aromatic carbocycles. The lowest BCUT2D eigenvalue weighted by atomic mass is 9.98. The zero-order valence-electron chi connectivity index (χ0n) is 15.5. The first-order valence-corrected chi connectivity index (χ1v) is 11.0. The highest BCUT2D eigenvalue weighted by atomic mass is 32.2. The Labute approximate surface area is 163 Å². The molecule has 1 aliphatic rings. The number of hydrogen-bond acceptors (Lipinski definition) is 4. The smallest absolute Gasteiger partial charge is 0.306 e. The minimum atomic E-state index is -3.62. The fourth-order valence-electron chi connectivity index (χ4n) is 3.79. The van der Waals surface area contributed by atoms with Gasteiger partial charge in [-0.25, -0.2) is 17.9 Å². The second-order valence-corrected chi connectivity index (χ2v) is 9.13. The Morgan fingerprint density at radius 2 is 1.86 bits per heavy atom. The van der Waals surface area contributed by atoms with Crippen LogP contribution in [0, 0.1) is 5.92 Å². The highest BCUT2D eigenvalue weighted by Gasteiger charge is 2.23. The molecule has 0 amide bonds. The van der Waals surface area contributed by atoms with Gasteiger partial charge in [0, 0.05) is 19.6 Å². The molecule has 0 unspecified atom stereocenters. The zero-order chi connectivity index (χ0) is 19.6. The molecule has 8 heteroatoms. The van der Waals surface area contributed by atoms with Gasteiger partial charge in [0.25, 0.3) is 0 Å². The molecule has 3 aromatic rings. The van der Waals surface area contributed by atoms with E-state index in [4.69, 9.17) is 0 Å². The number of rotatable bonds is 6. The summed E-state index contributed by atoms with van der Waals surface area (Å²) in [6, 6.07) is 14.9. The third kappa shape index (κ3) is 4.35. The Kier molecular flexibility index (Phi) is 5.34. The Balaban J connectivity index is 1.38. The minimum Gasteiger partial charge on any atom is -0.306 e. The van der Waals surface area contributed by atoms with Crippen molar-refractivity contribution in [1.82, 2.24) is 19.6 Å². The molecule has 1 fully saturated rings. The third-order valence-electron chi connectivity index (χ3n) is 5.21. The number of aromatic amines is 2. The molecule has 1 saturated heterocycles. The molecular weight excluding hydrogens is 376 g/mol. The number of imidazole rings is 1. The van der Waals surface area contributed by atoms with Crippen LogP contribution in [0.5, 0.6) is 0 Å². The van der Waals surface area contributed by atoms with E-state index >= 15 is 0 Å². The van der Waals surface area contributed by atoms with E-state index in [-0.39, 0.29) is 16.5 Å². The molecule has 0 radical (unpaired) electrons. The molecule has 1 aliphatic heterocycles. The van der Waals surface area contributed by atoms with Gasteiger partial charge >= 0.3 is 5.69 Å². The molecule has 4 rings (SSSR count). The maximum absolute atomic E-state index is 12.7. The van der Waals surface area contributed by atoms with Crippen molar-refractivity contribution in [2.45, 2.75) is 24.3 Å². The molecule has 2 heterocycles. The van der Waals surface area contributed by atoms with Crippen LogP contribution < -0.4 is 10.4 Å². The number of hydrogen-bond donors (Lipinski definition) is 3. The number of sulfonamides is 1. The summed E-state index contributed by atoms with van der Waals surface area (Å²) in [6.45, 7) is 3.22. The summed E-state index contributed by atoms with van der Waals surface area (Å²) in [6.07, 6.45) is 2.08. The van der Waals surface area contributed by atoms with Crippen LogP contribution in [-0.2, 0) is 16.6 Å². The lowest BCUT2D eigenvalue weighted by molar-refractivity contribution is 0.169. The number of nitrogens with one attached hydrogen (secondary N) is 3. The molecule has 28 heavy (non-hydrogen) atoms. The van der Waals surface area contributed by atoms with Gasteiger partial charge in [-0.2, -0.15) is 0 Å². The topological polar surface area (TPSA) is 98.1 Å². The number of benzene rings is 2. The highest BCUT2D eigenvalue weighted by Crippen LogP contribution is 2.20. The maximum atomic E-state index is 12.7. The van der Waals surface area contributed by atoms with E-state index in [2.05, 4.69) is 31.7 Å². The van der Waals surface area contributed by atoms with Gasteiger partial charge in [-0.15, -0.1) is 0 Å². The Morgan fingerprint density at radius 3 is 2.68 bits per heavy atom. The molecule has 3 N–H and O–H groups in total. The summed E-state index contributed by atoms with van der Waals surface area (Å²) >= 11 is 0. The first-order valence-electron chi connectivity index (χ1n) is 9.47. The predicted molar refractivity (Wildman–Crippen MR) is 109 cm³/mol. The molecule has 0 bridgehead atoms. The Morgan fingerprint density at radius 1 is 1.07 bits per heavy atom. The second-order valence-electron chi connectivity index (χ2n) is 7.37. The largest absolute Gasteiger partial charge is 0.323 e. The standard InChI is InChI=1S/C20H24N4O3S/c25-20-22-18-9-8-17(11-19(18)23-20)28(26,27)21-12-16-7-4-10-24(14-16)13-15-5-2-1-3-6-15/h1-3,5-6,8-9,11,16,21H,4,7,10,12-14H2,(H2,22,23,25)/t16-/m0/s1. The lowest BCUT2D eigenvalue weighted by Gasteiger charge is -2.32. The number of H-pyrrole nitrogens is 2. The van der Waals surface area contributed by atoms with E-state index in [9.17, 15) is 13.2 Å². The van der Waals surface area contributed by atoms with Crippen molar-refractivity contribution < 1.29 is 8.42 Å². The van der Waals surface area contributed by atoms with Crippen LogP contribution in [0.4, 0.5) is 0 Å². The van der Waals surface area contributed by atoms with Gasteiger partial charge < -0.3 is 9.97 Å². The summed E-state index contributed by atoms with van der Waals surface area (Å²) in [5, 5.41) is 0. The molecule has 1 atom stereocenters. The van der Waals surface area contributed by atoms with Crippen LogP contribution in [0.3, 0.4) is 0 Å². The molecule has 1 aromatic heterocycles. The van der Waals surface area contributed by atoms with Gasteiger partial charge in [0.15, 0.2) is 0 Å². The first kappa shape index (κ1) is 18.9. The van der Waals surface area contributed by atoms with Gasteiger partial charge in [-0.3, -0.25) is 4.90 Å². The van der Waals surface area contributed by atoms with Crippen molar-refractivity contribution in [2.24, 2.45) is 5.92 Å².